The number of piperidine rings is 1. The van der Waals surface area contributed by atoms with Crippen LogP contribution in [0.3, 0.4) is 0 Å². The first-order chi connectivity index (χ1) is 14.0. The molecule has 0 radical (unpaired) electrons. The topological polar surface area (TPSA) is 66.5 Å². The largest absolute Gasteiger partial charge is 0.326 e. The van der Waals surface area contributed by atoms with Crippen LogP contribution in [0.4, 0.5) is 5.69 Å². The standard InChI is InChI=1S/C22H28N2O3S2/c1-28-21-11-5-10-20(17-21)23-22(25)19-12-14-24(15-13-19)29(26,27)16-6-9-18-7-3-2-4-8-18/h2-5,7-8,10-11,17,19H,6,9,12-16H2,1H3,(H,23,25). The van der Waals surface area contributed by atoms with Crippen molar-refractivity contribution in [1.82, 2.24) is 4.31 Å². The fraction of sp³-hybridized carbons (Fsp3) is 0.409. The number of hydrogen-bond acceptors (Lipinski definition) is 4. The van der Waals surface area contributed by atoms with Gasteiger partial charge in [0.05, 0.1) is 5.75 Å². The van der Waals surface area contributed by atoms with E-state index in [-0.39, 0.29) is 17.6 Å². The lowest BCUT2D eigenvalue weighted by atomic mass is 9.97. The molecule has 0 aromatic heterocycles. The van der Waals surface area contributed by atoms with E-state index in [4.69, 9.17) is 0 Å². The summed E-state index contributed by atoms with van der Waals surface area (Å²) in [5, 5.41) is 2.97. The Labute approximate surface area is 177 Å². The van der Waals surface area contributed by atoms with Gasteiger partial charge in [0.2, 0.25) is 15.9 Å². The zero-order chi connectivity index (χ0) is 20.7. The van der Waals surface area contributed by atoms with Crippen molar-refractivity contribution >= 4 is 33.4 Å². The normalized spacial score (nSPS) is 15.9. The van der Waals surface area contributed by atoms with Gasteiger partial charge in [-0.15, -0.1) is 11.8 Å². The Hall–Kier alpha value is -1.83. The van der Waals surface area contributed by atoms with Gasteiger partial charge in [-0.05, 0) is 55.7 Å². The summed E-state index contributed by atoms with van der Waals surface area (Å²) in [6.45, 7) is 0.827. The third kappa shape index (κ3) is 6.32. The Bertz CT molecular complexity index is 909. The number of carbonyl (C=O) groups is 1. The quantitative estimate of drug-likeness (QED) is 0.640. The molecule has 7 heteroatoms. The Morgan fingerprint density at radius 2 is 1.83 bits per heavy atom. The monoisotopic (exact) mass is 432 g/mol. The van der Waals surface area contributed by atoms with Crippen LogP contribution >= 0.6 is 11.8 Å². The van der Waals surface area contributed by atoms with Crippen molar-refractivity contribution < 1.29 is 13.2 Å². The molecule has 2 aromatic rings. The van der Waals surface area contributed by atoms with Gasteiger partial charge < -0.3 is 5.32 Å². The van der Waals surface area contributed by atoms with Gasteiger partial charge in [0.25, 0.3) is 0 Å². The highest BCUT2D eigenvalue weighted by molar-refractivity contribution is 7.98. The molecular formula is C22H28N2O3S2. The second kappa shape index (κ2) is 10.3. The molecule has 5 nitrogen and oxygen atoms in total. The highest BCUT2D eigenvalue weighted by Gasteiger charge is 2.30. The van der Waals surface area contributed by atoms with Crippen LogP contribution in [0, 0.1) is 5.92 Å². The van der Waals surface area contributed by atoms with Crippen LogP contribution in [-0.2, 0) is 21.2 Å². The minimum Gasteiger partial charge on any atom is -0.326 e. The van der Waals surface area contributed by atoms with Gasteiger partial charge in [-0.3, -0.25) is 4.79 Å². The van der Waals surface area contributed by atoms with E-state index in [1.165, 1.54) is 0 Å². The summed E-state index contributed by atoms with van der Waals surface area (Å²) in [4.78, 5) is 13.7. The van der Waals surface area contributed by atoms with E-state index in [2.05, 4.69) is 5.32 Å². The van der Waals surface area contributed by atoms with E-state index in [1.54, 1.807) is 16.1 Å². The summed E-state index contributed by atoms with van der Waals surface area (Å²) < 4.78 is 26.8. The van der Waals surface area contributed by atoms with Crippen LogP contribution < -0.4 is 5.32 Å². The molecule has 0 saturated carbocycles. The van der Waals surface area contributed by atoms with Crippen LogP contribution in [0.1, 0.15) is 24.8 Å². The van der Waals surface area contributed by atoms with Crippen molar-refractivity contribution in [3.05, 3.63) is 60.2 Å². The molecule has 1 aliphatic heterocycles. The molecule has 1 fully saturated rings. The van der Waals surface area contributed by atoms with Gasteiger partial charge >= 0.3 is 0 Å². The van der Waals surface area contributed by atoms with E-state index in [9.17, 15) is 13.2 Å². The Morgan fingerprint density at radius 3 is 2.52 bits per heavy atom. The molecule has 0 aliphatic carbocycles. The maximum atomic E-state index is 12.6. The van der Waals surface area contributed by atoms with E-state index < -0.39 is 10.0 Å². The molecule has 0 bridgehead atoms. The molecule has 156 valence electrons. The molecule has 1 heterocycles. The van der Waals surface area contributed by atoms with Gasteiger partial charge in [0, 0.05) is 29.6 Å². The van der Waals surface area contributed by atoms with Crippen LogP contribution in [-0.4, -0.2) is 43.7 Å². The molecule has 1 N–H and O–H groups in total. The zero-order valence-corrected chi connectivity index (χ0v) is 18.3. The summed E-state index contributed by atoms with van der Waals surface area (Å²) in [7, 11) is -3.27. The molecule has 0 atom stereocenters. The van der Waals surface area contributed by atoms with Crippen LogP contribution in [0.25, 0.3) is 0 Å². The first-order valence-electron chi connectivity index (χ1n) is 9.94. The van der Waals surface area contributed by atoms with Crippen LogP contribution in [0.5, 0.6) is 0 Å². The molecule has 0 spiro atoms. The highest BCUT2D eigenvalue weighted by Crippen LogP contribution is 2.24. The lowest BCUT2D eigenvalue weighted by Crippen LogP contribution is -2.42. The number of rotatable bonds is 8. The maximum Gasteiger partial charge on any atom is 0.227 e. The summed E-state index contributed by atoms with van der Waals surface area (Å²) in [6, 6.07) is 17.7. The lowest BCUT2D eigenvalue weighted by molar-refractivity contribution is -0.120. The van der Waals surface area contributed by atoms with Crippen molar-refractivity contribution in [3.8, 4) is 0 Å². The Balaban J connectivity index is 1.46. The smallest absolute Gasteiger partial charge is 0.227 e. The van der Waals surface area contributed by atoms with Crippen LogP contribution in [0.15, 0.2) is 59.5 Å². The summed E-state index contributed by atoms with van der Waals surface area (Å²) in [5.41, 5.74) is 1.95. The average Bonchev–Trinajstić information content (AvgIpc) is 2.74. The number of thioether (sulfide) groups is 1. The second-order valence-electron chi connectivity index (χ2n) is 7.30. The highest BCUT2D eigenvalue weighted by atomic mass is 32.2. The number of sulfonamides is 1. The molecule has 0 unspecified atom stereocenters. The van der Waals surface area contributed by atoms with Gasteiger partial charge in [0.15, 0.2) is 0 Å². The molecule has 3 rings (SSSR count). The first-order valence-corrected chi connectivity index (χ1v) is 12.8. The fourth-order valence-electron chi connectivity index (χ4n) is 3.57. The number of hydrogen-bond donors (Lipinski definition) is 1. The third-order valence-corrected chi connectivity index (χ3v) is 7.95. The van der Waals surface area contributed by atoms with E-state index in [1.807, 2.05) is 60.9 Å². The molecule has 1 saturated heterocycles. The van der Waals surface area contributed by atoms with Gasteiger partial charge in [-0.2, -0.15) is 0 Å². The van der Waals surface area contributed by atoms with Gasteiger partial charge in [0.1, 0.15) is 0 Å². The third-order valence-electron chi connectivity index (χ3n) is 5.27. The number of aryl methyl sites for hydroxylation is 1. The van der Waals surface area contributed by atoms with Crippen molar-refractivity contribution in [2.75, 3.05) is 30.4 Å². The van der Waals surface area contributed by atoms with Crippen molar-refractivity contribution in [2.45, 2.75) is 30.6 Å². The van der Waals surface area contributed by atoms with Crippen LogP contribution in [0.2, 0.25) is 0 Å². The number of amides is 1. The number of benzene rings is 2. The van der Waals surface area contributed by atoms with Gasteiger partial charge in [-0.1, -0.05) is 36.4 Å². The predicted molar refractivity (Wildman–Crippen MR) is 120 cm³/mol. The lowest BCUT2D eigenvalue weighted by Gasteiger charge is -2.30. The minimum atomic E-state index is -3.27. The summed E-state index contributed by atoms with van der Waals surface area (Å²) in [6.07, 6.45) is 4.49. The number of nitrogens with zero attached hydrogens (tertiary/aromatic N) is 1. The number of carbonyl (C=O) groups excluding carboxylic acids is 1. The number of anilines is 1. The average molecular weight is 433 g/mol. The van der Waals surface area contributed by atoms with E-state index in [0.717, 1.165) is 22.6 Å². The van der Waals surface area contributed by atoms with Crippen molar-refractivity contribution in [3.63, 3.8) is 0 Å². The first kappa shape index (κ1) is 21.9. The number of nitrogens with one attached hydrogen (secondary N) is 1. The summed E-state index contributed by atoms with van der Waals surface area (Å²) in [5.74, 6) is -0.0201. The van der Waals surface area contributed by atoms with E-state index >= 15 is 0 Å². The Morgan fingerprint density at radius 1 is 1.10 bits per heavy atom. The fourth-order valence-corrected chi connectivity index (χ4v) is 5.57. The molecular weight excluding hydrogens is 404 g/mol. The predicted octanol–water partition coefficient (Wildman–Crippen LogP) is 4.02. The van der Waals surface area contributed by atoms with Crippen molar-refractivity contribution in [2.24, 2.45) is 5.92 Å². The maximum absolute atomic E-state index is 12.6. The molecule has 1 amide bonds. The van der Waals surface area contributed by atoms with Gasteiger partial charge in [-0.25, -0.2) is 12.7 Å². The Kier molecular flexibility index (Phi) is 7.75. The molecule has 29 heavy (non-hydrogen) atoms. The molecule has 2 aromatic carbocycles. The van der Waals surface area contributed by atoms with Crippen molar-refractivity contribution in [1.29, 1.82) is 0 Å². The SMILES string of the molecule is CSc1cccc(NC(=O)C2CCN(S(=O)(=O)CCCc3ccccc3)CC2)c1. The summed E-state index contributed by atoms with van der Waals surface area (Å²) >= 11 is 1.63. The van der Waals surface area contributed by atoms with E-state index in [0.29, 0.717) is 32.4 Å². The second-order valence-corrected chi connectivity index (χ2v) is 10.3. The minimum absolute atomic E-state index is 0.0237. The molecule has 1 aliphatic rings. The zero-order valence-electron chi connectivity index (χ0n) is 16.7.